The van der Waals surface area contributed by atoms with Crippen LogP contribution in [0, 0.1) is 0 Å². The molecule has 0 spiro atoms. The molecule has 1 fully saturated rings. The predicted octanol–water partition coefficient (Wildman–Crippen LogP) is 1.34. The summed E-state index contributed by atoms with van der Waals surface area (Å²) in [5.41, 5.74) is 1.17. The summed E-state index contributed by atoms with van der Waals surface area (Å²) in [6.45, 7) is 5.32. The Morgan fingerprint density at radius 1 is 1.45 bits per heavy atom. The van der Waals surface area contributed by atoms with Crippen LogP contribution in [-0.4, -0.2) is 46.3 Å². The second kappa shape index (κ2) is 7.43. The van der Waals surface area contributed by atoms with Gasteiger partial charge in [-0.25, -0.2) is 0 Å². The van der Waals surface area contributed by atoms with Crippen LogP contribution in [-0.2, 0) is 18.3 Å². The fourth-order valence-electron chi connectivity index (χ4n) is 2.74. The standard InChI is InChI=1S/C15H26N4O/c1-13(19-9-3-4-10-19)5-6-15(20)16-8-7-14-11-17-18(2)12-14/h11-13H,3-10H2,1-2H3,(H,16,20)/t13-/m1/s1. The van der Waals surface area contributed by atoms with Crippen LogP contribution in [0.3, 0.4) is 0 Å². The van der Waals surface area contributed by atoms with Gasteiger partial charge in [0.15, 0.2) is 0 Å². The molecule has 2 rings (SSSR count). The van der Waals surface area contributed by atoms with E-state index >= 15 is 0 Å². The SMILES string of the molecule is C[C@H](CCC(=O)NCCc1cnn(C)c1)N1CCCC1. The highest BCUT2D eigenvalue weighted by molar-refractivity contribution is 5.75. The molecule has 1 aromatic rings. The minimum absolute atomic E-state index is 0.167. The normalized spacial score (nSPS) is 17.3. The van der Waals surface area contributed by atoms with Crippen molar-refractivity contribution in [2.45, 2.75) is 45.1 Å². The number of hydrogen-bond donors (Lipinski definition) is 1. The van der Waals surface area contributed by atoms with Crippen molar-refractivity contribution in [1.82, 2.24) is 20.0 Å². The lowest BCUT2D eigenvalue weighted by Crippen LogP contribution is -2.32. The molecule has 112 valence electrons. The van der Waals surface area contributed by atoms with Gasteiger partial charge in [-0.15, -0.1) is 0 Å². The molecule has 0 unspecified atom stereocenters. The van der Waals surface area contributed by atoms with Gasteiger partial charge in [-0.1, -0.05) is 0 Å². The third-order valence-electron chi connectivity index (χ3n) is 4.05. The Morgan fingerprint density at radius 2 is 2.20 bits per heavy atom. The van der Waals surface area contributed by atoms with Gasteiger partial charge in [0, 0.05) is 32.3 Å². The Kier molecular flexibility index (Phi) is 5.59. The molecule has 1 atom stereocenters. The van der Waals surface area contributed by atoms with E-state index < -0.39 is 0 Å². The minimum atomic E-state index is 0.167. The van der Waals surface area contributed by atoms with Crippen molar-refractivity contribution in [2.24, 2.45) is 7.05 Å². The fraction of sp³-hybridized carbons (Fsp3) is 0.733. The predicted molar refractivity (Wildman–Crippen MR) is 79.4 cm³/mol. The zero-order chi connectivity index (χ0) is 14.4. The van der Waals surface area contributed by atoms with Gasteiger partial charge in [0.25, 0.3) is 0 Å². The molecular weight excluding hydrogens is 252 g/mol. The van der Waals surface area contributed by atoms with E-state index in [9.17, 15) is 4.79 Å². The molecule has 5 heteroatoms. The molecule has 0 aliphatic carbocycles. The van der Waals surface area contributed by atoms with Crippen molar-refractivity contribution in [1.29, 1.82) is 0 Å². The maximum absolute atomic E-state index is 11.8. The van der Waals surface area contributed by atoms with Crippen LogP contribution in [0.25, 0.3) is 0 Å². The molecule has 20 heavy (non-hydrogen) atoms. The lowest BCUT2D eigenvalue weighted by Gasteiger charge is -2.23. The van der Waals surface area contributed by atoms with Crippen molar-refractivity contribution in [3.05, 3.63) is 18.0 Å². The first-order chi connectivity index (χ1) is 9.65. The largest absolute Gasteiger partial charge is 0.356 e. The van der Waals surface area contributed by atoms with Gasteiger partial charge in [-0.05, 0) is 51.3 Å². The van der Waals surface area contributed by atoms with Crippen LogP contribution in [0.15, 0.2) is 12.4 Å². The quantitative estimate of drug-likeness (QED) is 0.819. The van der Waals surface area contributed by atoms with E-state index in [0.717, 1.165) is 12.8 Å². The zero-order valence-electron chi connectivity index (χ0n) is 12.6. The van der Waals surface area contributed by atoms with E-state index in [2.05, 4.69) is 22.2 Å². The first-order valence-corrected chi connectivity index (χ1v) is 7.63. The van der Waals surface area contributed by atoms with Gasteiger partial charge in [0.05, 0.1) is 6.20 Å². The number of carbonyl (C=O) groups excluding carboxylic acids is 1. The molecule has 0 saturated carbocycles. The van der Waals surface area contributed by atoms with Crippen molar-refractivity contribution in [2.75, 3.05) is 19.6 Å². The molecule has 1 N–H and O–H groups in total. The highest BCUT2D eigenvalue weighted by Crippen LogP contribution is 2.14. The number of nitrogens with zero attached hydrogens (tertiary/aromatic N) is 3. The molecule has 1 aromatic heterocycles. The van der Waals surface area contributed by atoms with Gasteiger partial charge in [0.1, 0.15) is 0 Å². The second-order valence-corrected chi connectivity index (χ2v) is 5.75. The number of aryl methyl sites for hydroxylation is 1. The molecule has 1 amide bonds. The summed E-state index contributed by atoms with van der Waals surface area (Å²) in [7, 11) is 1.90. The van der Waals surface area contributed by atoms with Crippen LogP contribution in [0.1, 0.15) is 38.2 Å². The average molecular weight is 278 g/mol. The fourth-order valence-corrected chi connectivity index (χ4v) is 2.74. The number of aromatic nitrogens is 2. The van der Waals surface area contributed by atoms with E-state index in [1.54, 1.807) is 4.68 Å². The molecule has 1 saturated heterocycles. The van der Waals surface area contributed by atoms with Crippen molar-refractivity contribution in [3.8, 4) is 0 Å². The smallest absolute Gasteiger partial charge is 0.220 e. The van der Waals surface area contributed by atoms with E-state index in [0.29, 0.717) is 19.0 Å². The number of hydrogen-bond acceptors (Lipinski definition) is 3. The van der Waals surface area contributed by atoms with Crippen LogP contribution >= 0.6 is 0 Å². The highest BCUT2D eigenvalue weighted by Gasteiger charge is 2.18. The molecule has 1 aliphatic heterocycles. The van der Waals surface area contributed by atoms with Gasteiger partial charge in [0.2, 0.25) is 5.91 Å². The summed E-state index contributed by atoms with van der Waals surface area (Å²) < 4.78 is 1.79. The van der Waals surface area contributed by atoms with Gasteiger partial charge in [-0.2, -0.15) is 5.10 Å². The highest BCUT2D eigenvalue weighted by atomic mass is 16.1. The minimum Gasteiger partial charge on any atom is -0.356 e. The Balaban J connectivity index is 1.58. The Hall–Kier alpha value is -1.36. The summed E-state index contributed by atoms with van der Waals surface area (Å²) in [5, 5.41) is 7.11. The van der Waals surface area contributed by atoms with Crippen molar-refractivity contribution < 1.29 is 4.79 Å². The van der Waals surface area contributed by atoms with Gasteiger partial charge in [-0.3, -0.25) is 9.48 Å². The number of likely N-dealkylation sites (tertiary alicyclic amines) is 1. The monoisotopic (exact) mass is 278 g/mol. The first kappa shape index (κ1) is 15.0. The Morgan fingerprint density at radius 3 is 2.85 bits per heavy atom. The van der Waals surface area contributed by atoms with Crippen molar-refractivity contribution >= 4 is 5.91 Å². The Bertz CT molecular complexity index is 423. The Labute approximate surface area is 121 Å². The number of rotatable bonds is 7. The number of amides is 1. The average Bonchev–Trinajstić information content (AvgIpc) is 3.07. The molecule has 5 nitrogen and oxygen atoms in total. The lowest BCUT2D eigenvalue weighted by atomic mass is 10.1. The third-order valence-corrected chi connectivity index (χ3v) is 4.05. The van der Waals surface area contributed by atoms with Crippen molar-refractivity contribution in [3.63, 3.8) is 0 Å². The van der Waals surface area contributed by atoms with E-state index in [1.807, 2.05) is 19.4 Å². The van der Waals surface area contributed by atoms with Gasteiger partial charge >= 0.3 is 0 Å². The molecule has 0 radical (unpaired) electrons. The number of nitrogens with one attached hydrogen (secondary N) is 1. The van der Waals surface area contributed by atoms with E-state index in [1.165, 1.54) is 31.5 Å². The summed E-state index contributed by atoms with van der Waals surface area (Å²) >= 11 is 0. The topological polar surface area (TPSA) is 50.2 Å². The number of carbonyl (C=O) groups is 1. The first-order valence-electron chi connectivity index (χ1n) is 7.63. The lowest BCUT2D eigenvalue weighted by molar-refractivity contribution is -0.121. The summed E-state index contributed by atoms with van der Waals surface area (Å²) in [4.78, 5) is 14.3. The summed E-state index contributed by atoms with van der Waals surface area (Å²) in [5.74, 6) is 0.167. The molecule has 2 heterocycles. The zero-order valence-corrected chi connectivity index (χ0v) is 12.6. The second-order valence-electron chi connectivity index (χ2n) is 5.75. The summed E-state index contributed by atoms with van der Waals surface area (Å²) in [6, 6.07) is 0.529. The molecule has 0 aromatic carbocycles. The molecular formula is C15H26N4O. The third kappa shape index (κ3) is 4.63. The summed E-state index contributed by atoms with van der Waals surface area (Å²) in [6.07, 6.45) is 8.89. The van der Waals surface area contributed by atoms with Crippen LogP contribution < -0.4 is 5.32 Å². The van der Waals surface area contributed by atoms with Gasteiger partial charge < -0.3 is 10.2 Å². The van der Waals surface area contributed by atoms with E-state index in [-0.39, 0.29) is 5.91 Å². The maximum Gasteiger partial charge on any atom is 0.220 e. The maximum atomic E-state index is 11.8. The molecule has 1 aliphatic rings. The van der Waals surface area contributed by atoms with Crippen LogP contribution in [0.5, 0.6) is 0 Å². The van der Waals surface area contributed by atoms with Crippen LogP contribution in [0.4, 0.5) is 0 Å². The van der Waals surface area contributed by atoms with Crippen LogP contribution in [0.2, 0.25) is 0 Å². The molecule has 0 bridgehead atoms. The van der Waals surface area contributed by atoms with E-state index in [4.69, 9.17) is 0 Å².